The van der Waals surface area contributed by atoms with Crippen LogP contribution in [0.3, 0.4) is 0 Å². The van der Waals surface area contributed by atoms with Gasteiger partial charge in [0, 0.05) is 12.8 Å². The van der Waals surface area contributed by atoms with Gasteiger partial charge in [-0.05, 0) is 19.4 Å². The fourth-order valence-corrected chi connectivity index (χ4v) is 1.18. The maximum atomic E-state index is 4.23. The summed E-state index contributed by atoms with van der Waals surface area (Å²) in [5, 5.41) is 0. The Bertz CT molecular complexity index is 141. The molecule has 0 unspecified atom stereocenters. The Morgan fingerprint density at radius 3 is 2.36 bits per heavy atom. The van der Waals surface area contributed by atoms with E-state index in [0.717, 1.165) is 6.54 Å². The molecule has 0 aromatic heterocycles. The number of aliphatic imine (C=N–C) groups is 1. The van der Waals surface area contributed by atoms with Crippen molar-refractivity contribution in [1.82, 2.24) is 0 Å². The van der Waals surface area contributed by atoms with Gasteiger partial charge in [0.05, 0.1) is 0 Å². The molecule has 0 atom stereocenters. The van der Waals surface area contributed by atoms with E-state index >= 15 is 0 Å². The predicted octanol–water partition coefficient (Wildman–Crippen LogP) is 3.16. The van der Waals surface area contributed by atoms with Crippen molar-refractivity contribution in [3.05, 3.63) is 19.1 Å². The molecule has 1 nitrogen and oxygen atoms in total. The Morgan fingerprint density at radius 2 is 1.71 bits per heavy atom. The van der Waals surface area contributed by atoms with Crippen molar-refractivity contribution in [2.45, 2.75) is 45.4 Å². The molecular formula is C12H23LiN. The van der Waals surface area contributed by atoms with E-state index in [1.807, 2.05) is 12.3 Å². The standard InChI is InChI=1S/C12H22N.Li.H/c1-3-5-7-8-9-10-12-13-11-6-4-2;;/h4,6,11H,2-3,5,7-10,12H2,1H3;;. The summed E-state index contributed by atoms with van der Waals surface area (Å²) in [6.45, 7) is 6.80. The zero-order valence-electron chi connectivity index (χ0n) is 8.84. The summed E-state index contributed by atoms with van der Waals surface area (Å²) >= 11 is 0. The average Bonchev–Trinajstić information content (AvgIpc) is 2.16. The summed E-state index contributed by atoms with van der Waals surface area (Å²) in [5.74, 6) is 0. The van der Waals surface area contributed by atoms with Gasteiger partial charge >= 0.3 is 18.9 Å². The number of hydrogen-bond acceptors (Lipinski definition) is 1. The summed E-state index contributed by atoms with van der Waals surface area (Å²) in [7, 11) is 0. The summed E-state index contributed by atoms with van der Waals surface area (Å²) in [4.78, 5) is 4.23. The molecule has 1 radical (unpaired) electrons. The van der Waals surface area contributed by atoms with Gasteiger partial charge in [-0.2, -0.15) is 0 Å². The van der Waals surface area contributed by atoms with Crippen LogP contribution >= 0.6 is 0 Å². The summed E-state index contributed by atoms with van der Waals surface area (Å²) in [6, 6.07) is 0. The fourth-order valence-electron chi connectivity index (χ4n) is 1.18. The molecule has 0 aromatic carbocycles. The molecule has 0 aliphatic rings. The van der Waals surface area contributed by atoms with E-state index in [-0.39, 0.29) is 18.9 Å². The first-order valence-electron chi connectivity index (χ1n) is 5.36. The normalized spacial score (nSPS) is 11.0. The molecule has 0 saturated carbocycles. The van der Waals surface area contributed by atoms with Crippen molar-refractivity contribution >= 4 is 25.1 Å². The second-order valence-electron chi connectivity index (χ2n) is 3.25. The van der Waals surface area contributed by atoms with E-state index in [1.165, 1.54) is 38.5 Å². The molecule has 0 spiro atoms. The Kier molecular flexibility index (Phi) is 18.2. The first-order valence-corrected chi connectivity index (χ1v) is 5.36. The third kappa shape index (κ3) is 14.5. The van der Waals surface area contributed by atoms with E-state index in [1.54, 1.807) is 6.08 Å². The maximum absolute atomic E-state index is 4.23. The van der Waals surface area contributed by atoms with Gasteiger partial charge in [-0.1, -0.05) is 45.1 Å². The molecular weight excluding hydrogens is 165 g/mol. The first kappa shape index (κ1) is 16.4. The minimum atomic E-state index is 0. The topological polar surface area (TPSA) is 12.4 Å². The minimum absolute atomic E-state index is 0. The average molecular weight is 188 g/mol. The molecule has 77 valence electrons. The van der Waals surface area contributed by atoms with Crippen LogP contribution < -0.4 is 0 Å². The number of nitrogens with zero attached hydrogens (tertiary/aromatic N) is 1. The van der Waals surface area contributed by atoms with Gasteiger partial charge < -0.3 is 0 Å². The molecule has 0 aliphatic heterocycles. The predicted molar refractivity (Wildman–Crippen MR) is 68.4 cm³/mol. The number of rotatable bonds is 8. The molecule has 0 aliphatic carbocycles. The molecule has 0 amide bonds. The molecule has 0 N–H and O–H groups in total. The number of unbranched alkanes of at least 4 members (excludes halogenated alkanes) is 5. The van der Waals surface area contributed by atoms with Gasteiger partial charge in [0.1, 0.15) is 0 Å². The van der Waals surface area contributed by atoms with E-state index in [0.29, 0.717) is 0 Å². The Labute approximate surface area is 101 Å². The SMILES string of the molecule is [CH2]C=CC=NCCCCCCCC.[LiH]. The second-order valence-corrected chi connectivity index (χ2v) is 3.25. The summed E-state index contributed by atoms with van der Waals surface area (Å²) < 4.78 is 0. The van der Waals surface area contributed by atoms with Gasteiger partial charge in [-0.15, -0.1) is 0 Å². The summed E-state index contributed by atoms with van der Waals surface area (Å²) in [6.07, 6.45) is 13.5. The van der Waals surface area contributed by atoms with E-state index in [4.69, 9.17) is 0 Å². The third-order valence-electron chi connectivity index (χ3n) is 1.97. The molecule has 14 heavy (non-hydrogen) atoms. The molecule has 0 aromatic rings. The van der Waals surface area contributed by atoms with Gasteiger partial charge in [0.15, 0.2) is 0 Å². The molecule has 0 fully saturated rings. The second kappa shape index (κ2) is 15.5. The van der Waals surface area contributed by atoms with Crippen LogP contribution in [0.15, 0.2) is 17.1 Å². The molecule has 0 heterocycles. The van der Waals surface area contributed by atoms with Crippen molar-refractivity contribution in [1.29, 1.82) is 0 Å². The van der Waals surface area contributed by atoms with E-state index in [2.05, 4.69) is 18.8 Å². The van der Waals surface area contributed by atoms with Crippen molar-refractivity contribution in [2.75, 3.05) is 6.54 Å². The molecule has 0 rings (SSSR count). The van der Waals surface area contributed by atoms with Crippen LogP contribution in [0.25, 0.3) is 0 Å². The first-order chi connectivity index (χ1) is 6.41. The van der Waals surface area contributed by atoms with Crippen molar-refractivity contribution in [3.63, 3.8) is 0 Å². The van der Waals surface area contributed by atoms with Gasteiger partial charge in [0.25, 0.3) is 0 Å². The molecule has 0 saturated heterocycles. The number of allylic oxidation sites excluding steroid dienone is 2. The monoisotopic (exact) mass is 188 g/mol. The van der Waals surface area contributed by atoms with Gasteiger partial charge in [0.2, 0.25) is 0 Å². The van der Waals surface area contributed by atoms with Crippen LogP contribution in [0, 0.1) is 6.92 Å². The van der Waals surface area contributed by atoms with Crippen LogP contribution in [0.4, 0.5) is 0 Å². The van der Waals surface area contributed by atoms with Crippen molar-refractivity contribution < 1.29 is 0 Å². The fraction of sp³-hybridized carbons (Fsp3) is 0.667. The van der Waals surface area contributed by atoms with Crippen LogP contribution in [0.2, 0.25) is 0 Å². The van der Waals surface area contributed by atoms with E-state index < -0.39 is 0 Å². The molecule has 2 heteroatoms. The van der Waals surface area contributed by atoms with Crippen molar-refractivity contribution in [2.24, 2.45) is 4.99 Å². The zero-order chi connectivity index (χ0) is 9.78. The van der Waals surface area contributed by atoms with Crippen LogP contribution in [-0.4, -0.2) is 31.6 Å². The Balaban J connectivity index is 0. The zero-order valence-corrected chi connectivity index (χ0v) is 8.84. The van der Waals surface area contributed by atoms with Crippen LogP contribution in [0.5, 0.6) is 0 Å². The third-order valence-corrected chi connectivity index (χ3v) is 1.97. The quantitative estimate of drug-likeness (QED) is 0.315. The molecule has 0 bridgehead atoms. The van der Waals surface area contributed by atoms with Gasteiger partial charge in [-0.3, -0.25) is 4.99 Å². The van der Waals surface area contributed by atoms with Crippen LogP contribution in [-0.2, 0) is 0 Å². The van der Waals surface area contributed by atoms with Crippen LogP contribution in [0.1, 0.15) is 45.4 Å². The van der Waals surface area contributed by atoms with Gasteiger partial charge in [-0.25, -0.2) is 0 Å². The number of hydrogen-bond donors (Lipinski definition) is 0. The summed E-state index contributed by atoms with van der Waals surface area (Å²) in [5.41, 5.74) is 0. The Hall–Kier alpha value is 0.00740. The van der Waals surface area contributed by atoms with E-state index in [9.17, 15) is 0 Å². The van der Waals surface area contributed by atoms with Crippen molar-refractivity contribution in [3.8, 4) is 0 Å². The Morgan fingerprint density at radius 1 is 1.07 bits per heavy atom.